The van der Waals surface area contributed by atoms with E-state index in [2.05, 4.69) is 19.2 Å². The van der Waals surface area contributed by atoms with Gasteiger partial charge in [0.2, 0.25) is 5.91 Å². The van der Waals surface area contributed by atoms with Crippen molar-refractivity contribution >= 4 is 40.2 Å². The Balaban J connectivity index is 2.17. The topological polar surface area (TPSA) is 64.0 Å². The van der Waals surface area contributed by atoms with Crippen molar-refractivity contribution in [3.63, 3.8) is 0 Å². The molecule has 0 atom stereocenters. The molecular formula is C21H22ClN3O2S. The number of para-hydroxylation sites is 1. The highest BCUT2D eigenvalue weighted by Gasteiger charge is 2.17. The molecule has 0 unspecified atom stereocenters. The summed E-state index contributed by atoms with van der Waals surface area (Å²) in [5.41, 5.74) is 2.34. The van der Waals surface area contributed by atoms with Crippen molar-refractivity contribution in [2.75, 3.05) is 12.3 Å². The summed E-state index contributed by atoms with van der Waals surface area (Å²) in [5, 5.41) is 4.41. The SMILES string of the molecule is CC(=O)NCCSc1nc2cc(Cl)ccc2c(=O)n1-c1ccccc1C(C)C. The van der Waals surface area contributed by atoms with Crippen LogP contribution in [-0.4, -0.2) is 27.8 Å². The number of benzene rings is 2. The molecule has 1 aromatic heterocycles. The van der Waals surface area contributed by atoms with E-state index in [9.17, 15) is 9.59 Å². The van der Waals surface area contributed by atoms with Gasteiger partial charge >= 0.3 is 0 Å². The second kappa shape index (κ2) is 8.80. The minimum Gasteiger partial charge on any atom is -0.356 e. The lowest BCUT2D eigenvalue weighted by Crippen LogP contribution is -2.25. The molecule has 5 nitrogen and oxygen atoms in total. The van der Waals surface area contributed by atoms with Gasteiger partial charge in [0.05, 0.1) is 16.6 Å². The second-order valence-electron chi connectivity index (χ2n) is 6.74. The molecule has 1 N–H and O–H groups in total. The van der Waals surface area contributed by atoms with Gasteiger partial charge in [-0.05, 0) is 35.7 Å². The first-order valence-electron chi connectivity index (χ1n) is 9.07. The van der Waals surface area contributed by atoms with Crippen LogP contribution in [0.1, 0.15) is 32.3 Å². The van der Waals surface area contributed by atoms with E-state index >= 15 is 0 Å². The van der Waals surface area contributed by atoms with Gasteiger partial charge in [0.25, 0.3) is 5.56 Å². The van der Waals surface area contributed by atoms with Crippen LogP contribution < -0.4 is 10.9 Å². The molecule has 1 heterocycles. The van der Waals surface area contributed by atoms with E-state index in [4.69, 9.17) is 16.6 Å². The van der Waals surface area contributed by atoms with E-state index in [0.717, 1.165) is 11.3 Å². The predicted octanol–water partition coefficient (Wildman–Crippen LogP) is 4.39. The van der Waals surface area contributed by atoms with Crippen LogP contribution in [0.25, 0.3) is 16.6 Å². The molecule has 3 rings (SSSR count). The maximum absolute atomic E-state index is 13.4. The summed E-state index contributed by atoms with van der Waals surface area (Å²) in [5.74, 6) is 0.768. The minimum atomic E-state index is -0.128. The van der Waals surface area contributed by atoms with Gasteiger partial charge in [-0.25, -0.2) is 4.98 Å². The number of aromatic nitrogens is 2. The summed E-state index contributed by atoms with van der Waals surface area (Å²) < 4.78 is 1.67. The summed E-state index contributed by atoms with van der Waals surface area (Å²) in [4.78, 5) is 29.2. The number of hydrogen-bond acceptors (Lipinski definition) is 4. The summed E-state index contributed by atoms with van der Waals surface area (Å²) >= 11 is 7.54. The third kappa shape index (κ3) is 4.39. The van der Waals surface area contributed by atoms with Crippen LogP contribution in [-0.2, 0) is 4.79 Å². The predicted molar refractivity (Wildman–Crippen MR) is 116 cm³/mol. The average Bonchev–Trinajstić information content (AvgIpc) is 2.65. The average molecular weight is 416 g/mol. The number of hydrogen-bond donors (Lipinski definition) is 1. The zero-order valence-corrected chi connectivity index (χ0v) is 17.6. The lowest BCUT2D eigenvalue weighted by molar-refractivity contribution is -0.118. The molecule has 0 aliphatic carbocycles. The van der Waals surface area contributed by atoms with Gasteiger partial charge in [-0.15, -0.1) is 0 Å². The van der Waals surface area contributed by atoms with Crippen molar-refractivity contribution in [1.82, 2.24) is 14.9 Å². The van der Waals surface area contributed by atoms with E-state index in [0.29, 0.717) is 33.4 Å². The molecule has 0 saturated heterocycles. The second-order valence-corrected chi connectivity index (χ2v) is 8.24. The number of halogens is 1. The van der Waals surface area contributed by atoms with Crippen molar-refractivity contribution in [2.24, 2.45) is 0 Å². The van der Waals surface area contributed by atoms with Crippen LogP contribution in [0.3, 0.4) is 0 Å². The number of thioether (sulfide) groups is 1. The molecule has 0 aliphatic heterocycles. The molecule has 3 aromatic rings. The van der Waals surface area contributed by atoms with Crippen molar-refractivity contribution in [3.8, 4) is 5.69 Å². The fourth-order valence-electron chi connectivity index (χ4n) is 3.00. The highest BCUT2D eigenvalue weighted by atomic mass is 35.5. The van der Waals surface area contributed by atoms with Crippen LogP contribution in [0.5, 0.6) is 0 Å². The molecule has 0 spiro atoms. The van der Waals surface area contributed by atoms with Crippen LogP contribution in [0, 0.1) is 0 Å². The van der Waals surface area contributed by atoms with Gasteiger partial charge in [0.1, 0.15) is 0 Å². The van der Waals surface area contributed by atoms with Gasteiger partial charge in [-0.3, -0.25) is 14.2 Å². The molecule has 0 radical (unpaired) electrons. The van der Waals surface area contributed by atoms with Crippen LogP contribution in [0.4, 0.5) is 0 Å². The van der Waals surface area contributed by atoms with Gasteiger partial charge in [0, 0.05) is 24.2 Å². The van der Waals surface area contributed by atoms with Crippen molar-refractivity contribution in [1.29, 1.82) is 0 Å². The third-order valence-corrected chi connectivity index (χ3v) is 5.48. The Labute approximate surface area is 173 Å². The number of nitrogens with one attached hydrogen (secondary N) is 1. The monoisotopic (exact) mass is 415 g/mol. The first-order chi connectivity index (χ1) is 13.4. The Morgan fingerprint density at radius 1 is 1.25 bits per heavy atom. The number of amides is 1. The van der Waals surface area contributed by atoms with E-state index in [1.54, 1.807) is 22.8 Å². The number of nitrogens with zero attached hydrogens (tertiary/aromatic N) is 2. The van der Waals surface area contributed by atoms with Crippen molar-refractivity contribution < 1.29 is 4.79 Å². The number of carbonyl (C=O) groups is 1. The minimum absolute atomic E-state index is 0.0820. The first kappa shape index (κ1) is 20.4. The van der Waals surface area contributed by atoms with Gasteiger partial charge in [0.15, 0.2) is 5.16 Å². The van der Waals surface area contributed by atoms with E-state index < -0.39 is 0 Å². The molecule has 28 heavy (non-hydrogen) atoms. The fourth-order valence-corrected chi connectivity index (χ4v) is 4.02. The maximum Gasteiger partial charge on any atom is 0.266 e. The molecule has 0 fully saturated rings. The summed E-state index contributed by atoms with van der Waals surface area (Å²) in [6, 6.07) is 13.0. The molecule has 0 aliphatic rings. The highest BCUT2D eigenvalue weighted by molar-refractivity contribution is 7.99. The first-order valence-corrected chi connectivity index (χ1v) is 10.4. The highest BCUT2D eigenvalue weighted by Crippen LogP contribution is 2.27. The molecule has 0 saturated carbocycles. The zero-order valence-electron chi connectivity index (χ0n) is 16.0. The standard InChI is InChI=1S/C21H22ClN3O2S/c1-13(2)16-6-4-5-7-19(16)25-20(27)17-9-8-15(22)12-18(17)24-21(25)28-11-10-23-14(3)26/h4-9,12-13H,10-11H2,1-3H3,(H,23,26). The number of fused-ring (bicyclic) bond motifs is 1. The maximum atomic E-state index is 13.4. The number of rotatable bonds is 6. The Morgan fingerprint density at radius 2 is 2.00 bits per heavy atom. The van der Waals surface area contributed by atoms with Gasteiger partial charge < -0.3 is 5.32 Å². The van der Waals surface area contributed by atoms with E-state index in [1.165, 1.54) is 18.7 Å². The van der Waals surface area contributed by atoms with Crippen LogP contribution in [0.2, 0.25) is 5.02 Å². The van der Waals surface area contributed by atoms with Crippen LogP contribution >= 0.6 is 23.4 Å². The van der Waals surface area contributed by atoms with Gasteiger partial charge in [-0.1, -0.05) is 55.4 Å². The third-order valence-electron chi connectivity index (χ3n) is 4.31. The molecule has 1 amide bonds. The number of carbonyl (C=O) groups excluding carboxylic acids is 1. The Hall–Kier alpha value is -2.31. The van der Waals surface area contributed by atoms with E-state index in [-0.39, 0.29) is 17.4 Å². The van der Waals surface area contributed by atoms with Crippen molar-refractivity contribution in [2.45, 2.75) is 31.8 Å². The lowest BCUT2D eigenvalue weighted by atomic mass is 10.0. The fraction of sp³-hybridized carbons (Fsp3) is 0.286. The molecule has 0 bridgehead atoms. The molecule has 146 valence electrons. The summed E-state index contributed by atoms with van der Waals surface area (Å²) in [6.45, 7) is 6.18. The van der Waals surface area contributed by atoms with Crippen molar-refractivity contribution in [3.05, 3.63) is 63.4 Å². The zero-order chi connectivity index (χ0) is 20.3. The molecule has 2 aromatic carbocycles. The summed E-state index contributed by atoms with van der Waals surface area (Å²) in [6.07, 6.45) is 0. The molecular weight excluding hydrogens is 394 g/mol. The lowest BCUT2D eigenvalue weighted by Gasteiger charge is -2.18. The normalized spacial score (nSPS) is 11.2. The Bertz CT molecular complexity index is 1080. The van der Waals surface area contributed by atoms with Gasteiger partial charge in [-0.2, -0.15) is 0 Å². The van der Waals surface area contributed by atoms with Crippen LogP contribution in [0.15, 0.2) is 52.4 Å². The van der Waals surface area contributed by atoms with E-state index in [1.807, 2.05) is 24.3 Å². The quantitative estimate of drug-likeness (QED) is 0.368. The smallest absolute Gasteiger partial charge is 0.266 e. The summed E-state index contributed by atoms with van der Waals surface area (Å²) in [7, 11) is 0. The Morgan fingerprint density at radius 3 is 2.71 bits per heavy atom. The largest absolute Gasteiger partial charge is 0.356 e. The Kier molecular flexibility index (Phi) is 6.42. The molecule has 7 heteroatoms.